The van der Waals surface area contributed by atoms with Gasteiger partial charge in [0.25, 0.3) is 0 Å². The van der Waals surface area contributed by atoms with Gasteiger partial charge in [-0.25, -0.2) is 4.98 Å². The fraction of sp³-hybridized carbons (Fsp3) is 0.444. The molecule has 0 aliphatic rings. The highest BCUT2D eigenvalue weighted by Crippen LogP contribution is 2.22. The maximum Gasteiger partial charge on any atom is 0.129 e. The van der Waals surface area contributed by atoms with Gasteiger partial charge >= 0.3 is 0 Å². The molecular weight excluding hydrogens is 216 g/mol. The molecule has 0 atom stereocenters. The van der Waals surface area contributed by atoms with Crippen molar-refractivity contribution in [3.8, 4) is 0 Å². The second kappa shape index (κ2) is 4.45. The van der Waals surface area contributed by atoms with Crippen LogP contribution in [-0.2, 0) is 0 Å². The molecule has 0 unspecified atom stereocenters. The summed E-state index contributed by atoms with van der Waals surface area (Å²) in [5.41, 5.74) is 1.17. The molecule has 0 N–H and O–H groups in total. The Morgan fingerprint density at radius 3 is 2.58 bits per heavy atom. The zero-order valence-corrected chi connectivity index (χ0v) is 9.00. The van der Waals surface area contributed by atoms with Gasteiger partial charge in [0.05, 0.1) is 5.69 Å². The summed E-state index contributed by atoms with van der Waals surface area (Å²) in [7, 11) is 0. The number of halogens is 1. The fourth-order valence-corrected chi connectivity index (χ4v) is 1.68. The maximum absolute atomic E-state index is 4.17. The van der Waals surface area contributed by atoms with E-state index in [4.69, 9.17) is 0 Å². The number of nitrogens with zero attached hydrogens (tertiary/aromatic N) is 2. The zero-order valence-electron chi connectivity index (χ0n) is 7.42. The first kappa shape index (κ1) is 9.52. The predicted octanol–water partition coefficient (Wildman–Crippen LogP) is 2.69. The van der Waals surface area contributed by atoms with Crippen molar-refractivity contribution in [2.24, 2.45) is 0 Å². The number of rotatable bonds is 3. The standard InChI is InChI=1S/C9H13BrN2/c1-3-12(4-2)8-6-5-7-11-9(8)10/h5-7H,3-4H2,1-2H3. The first-order valence-corrected chi connectivity index (χ1v) is 4.94. The first-order chi connectivity index (χ1) is 5.79. The summed E-state index contributed by atoms with van der Waals surface area (Å²) >= 11 is 3.43. The van der Waals surface area contributed by atoms with Crippen LogP contribution in [0.5, 0.6) is 0 Å². The molecule has 0 fully saturated rings. The van der Waals surface area contributed by atoms with Crippen LogP contribution in [0.25, 0.3) is 0 Å². The van der Waals surface area contributed by atoms with Crippen molar-refractivity contribution in [3.63, 3.8) is 0 Å². The molecule has 1 aromatic heterocycles. The summed E-state index contributed by atoms with van der Waals surface area (Å²) in [5, 5.41) is 0. The van der Waals surface area contributed by atoms with Crippen LogP contribution >= 0.6 is 15.9 Å². The smallest absolute Gasteiger partial charge is 0.129 e. The Balaban J connectivity index is 2.92. The molecule has 0 saturated carbocycles. The third-order valence-corrected chi connectivity index (χ3v) is 2.45. The third kappa shape index (κ3) is 1.97. The average molecular weight is 229 g/mol. The summed E-state index contributed by atoms with van der Waals surface area (Å²) in [4.78, 5) is 6.43. The molecule has 0 saturated heterocycles. The van der Waals surface area contributed by atoms with Gasteiger partial charge in [-0.05, 0) is 41.9 Å². The van der Waals surface area contributed by atoms with Crippen LogP contribution < -0.4 is 4.90 Å². The molecule has 0 amide bonds. The minimum Gasteiger partial charge on any atom is -0.370 e. The lowest BCUT2D eigenvalue weighted by Gasteiger charge is -2.21. The summed E-state index contributed by atoms with van der Waals surface area (Å²) in [6.07, 6.45) is 1.79. The van der Waals surface area contributed by atoms with E-state index in [-0.39, 0.29) is 0 Å². The van der Waals surface area contributed by atoms with Crippen molar-refractivity contribution in [2.75, 3.05) is 18.0 Å². The molecule has 0 bridgehead atoms. The van der Waals surface area contributed by atoms with Gasteiger partial charge < -0.3 is 4.90 Å². The molecule has 2 nitrogen and oxygen atoms in total. The number of pyridine rings is 1. The van der Waals surface area contributed by atoms with Crippen molar-refractivity contribution < 1.29 is 0 Å². The lowest BCUT2D eigenvalue weighted by molar-refractivity contribution is 0.858. The first-order valence-electron chi connectivity index (χ1n) is 4.15. The Morgan fingerprint density at radius 2 is 2.08 bits per heavy atom. The lowest BCUT2D eigenvalue weighted by atomic mass is 10.3. The van der Waals surface area contributed by atoms with E-state index in [0.29, 0.717) is 0 Å². The highest BCUT2D eigenvalue weighted by Gasteiger charge is 2.05. The normalized spacial score (nSPS) is 9.92. The monoisotopic (exact) mass is 228 g/mol. The van der Waals surface area contributed by atoms with E-state index in [0.717, 1.165) is 17.7 Å². The number of aromatic nitrogens is 1. The largest absolute Gasteiger partial charge is 0.370 e. The SMILES string of the molecule is CCN(CC)c1cccnc1Br. The van der Waals surface area contributed by atoms with Gasteiger partial charge in [-0.1, -0.05) is 0 Å². The molecule has 1 aromatic rings. The van der Waals surface area contributed by atoms with Crippen molar-refractivity contribution in [1.82, 2.24) is 4.98 Å². The Bertz CT molecular complexity index is 246. The molecule has 0 radical (unpaired) electrons. The minimum absolute atomic E-state index is 0.925. The zero-order chi connectivity index (χ0) is 8.97. The average Bonchev–Trinajstić information content (AvgIpc) is 2.10. The second-order valence-electron chi connectivity index (χ2n) is 2.49. The highest BCUT2D eigenvalue weighted by atomic mass is 79.9. The molecule has 0 aliphatic heterocycles. The van der Waals surface area contributed by atoms with Crippen LogP contribution in [0.1, 0.15) is 13.8 Å². The van der Waals surface area contributed by atoms with Gasteiger partial charge in [0.15, 0.2) is 0 Å². The van der Waals surface area contributed by atoms with E-state index >= 15 is 0 Å². The van der Waals surface area contributed by atoms with Gasteiger partial charge in [0, 0.05) is 19.3 Å². The third-order valence-electron chi connectivity index (χ3n) is 1.84. The van der Waals surface area contributed by atoms with Crippen molar-refractivity contribution in [1.29, 1.82) is 0 Å². The lowest BCUT2D eigenvalue weighted by Crippen LogP contribution is -2.22. The van der Waals surface area contributed by atoms with Crippen LogP contribution in [0.2, 0.25) is 0 Å². The van der Waals surface area contributed by atoms with E-state index < -0.39 is 0 Å². The topological polar surface area (TPSA) is 16.1 Å². The minimum atomic E-state index is 0.925. The summed E-state index contributed by atoms with van der Waals surface area (Å²) in [5.74, 6) is 0. The van der Waals surface area contributed by atoms with E-state index in [1.807, 2.05) is 6.07 Å². The number of hydrogen-bond acceptors (Lipinski definition) is 2. The second-order valence-corrected chi connectivity index (χ2v) is 3.24. The Hall–Kier alpha value is -0.570. The molecule has 1 rings (SSSR count). The Labute approximate surface area is 81.7 Å². The van der Waals surface area contributed by atoms with Crippen LogP contribution in [-0.4, -0.2) is 18.1 Å². The van der Waals surface area contributed by atoms with Gasteiger partial charge in [-0.3, -0.25) is 0 Å². The van der Waals surface area contributed by atoms with Crippen LogP contribution in [0, 0.1) is 0 Å². The van der Waals surface area contributed by atoms with Gasteiger partial charge in [-0.15, -0.1) is 0 Å². The quantitative estimate of drug-likeness (QED) is 0.741. The van der Waals surface area contributed by atoms with Gasteiger partial charge in [0.1, 0.15) is 4.60 Å². The van der Waals surface area contributed by atoms with Crippen LogP contribution in [0.4, 0.5) is 5.69 Å². The number of hydrogen-bond donors (Lipinski definition) is 0. The predicted molar refractivity (Wildman–Crippen MR) is 55.5 cm³/mol. The fourth-order valence-electron chi connectivity index (χ4n) is 1.18. The van der Waals surface area contributed by atoms with Crippen molar-refractivity contribution >= 4 is 21.6 Å². The molecule has 0 spiro atoms. The Morgan fingerprint density at radius 1 is 1.42 bits per heavy atom. The summed E-state index contributed by atoms with van der Waals surface area (Å²) in [6.45, 7) is 6.31. The van der Waals surface area contributed by atoms with E-state index in [1.54, 1.807) is 6.20 Å². The van der Waals surface area contributed by atoms with Crippen LogP contribution in [0.3, 0.4) is 0 Å². The Kier molecular flexibility index (Phi) is 3.53. The highest BCUT2D eigenvalue weighted by molar-refractivity contribution is 9.10. The molecule has 12 heavy (non-hydrogen) atoms. The molecule has 3 heteroatoms. The molecule has 0 aromatic carbocycles. The number of anilines is 1. The van der Waals surface area contributed by atoms with E-state index in [2.05, 4.69) is 45.7 Å². The van der Waals surface area contributed by atoms with Crippen molar-refractivity contribution in [2.45, 2.75) is 13.8 Å². The van der Waals surface area contributed by atoms with Crippen LogP contribution in [0.15, 0.2) is 22.9 Å². The van der Waals surface area contributed by atoms with E-state index in [9.17, 15) is 0 Å². The molecule has 1 heterocycles. The molecular formula is C9H13BrN2. The van der Waals surface area contributed by atoms with E-state index in [1.165, 1.54) is 5.69 Å². The molecule has 66 valence electrons. The maximum atomic E-state index is 4.17. The van der Waals surface area contributed by atoms with Crippen molar-refractivity contribution in [3.05, 3.63) is 22.9 Å². The summed E-state index contributed by atoms with van der Waals surface area (Å²) in [6, 6.07) is 4.03. The summed E-state index contributed by atoms with van der Waals surface area (Å²) < 4.78 is 0.925. The molecule has 0 aliphatic carbocycles. The van der Waals surface area contributed by atoms with Gasteiger partial charge in [0.2, 0.25) is 0 Å². The van der Waals surface area contributed by atoms with Gasteiger partial charge in [-0.2, -0.15) is 0 Å².